The normalized spacial score (nSPS) is 23.5. The number of aliphatic hydroxyl groups excluding tert-OH is 6. The van der Waals surface area contributed by atoms with E-state index in [0.29, 0.717) is 30.6 Å². The Kier molecular flexibility index (Phi) is 33.2. The molecule has 4 heterocycles. The number of carbonyl (C=O) groups excluding carboxylic acids is 2. The minimum absolute atomic E-state index is 0.118. The van der Waals surface area contributed by atoms with Gasteiger partial charge in [-0.25, -0.2) is 4.79 Å². The Balaban J connectivity index is 0.000000949. The van der Waals surface area contributed by atoms with E-state index in [1.54, 1.807) is 35.6 Å². The number of hydrogen-bond donors (Lipinski definition) is 7. The molecule has 2 unspecified atom stereocenters. The van der Waals surface area contributed by atoms with Crippen molar-refractivity contribution in [3.63, 3.8) is 0 Å². The molecule has 364 valence electrons. The van der Waals surface area contributed by atoms with E-state index in [2.05, 4.69) is 13.8 Å². The summed E-state index contributed by atoms with van der Waals surface area (Å²) in [5.74, 6) is -0.316. The molecule has 8 atom stereocenters. The number of aliphatic hydroxyl groups is 6. The molecule has 7 N–H and O–H groups in total. The van der Waals surface area contributed by atoms with Gasteiger partial charge in [0, 0.05) is 30.5 Å². The summed E-state index contributed by atoms with van der Waals surface area (Å²) in [6.07, 6.45) is 12.5. The Bertz CT molecular complexity index is 1970. The minimum atomic E-state index is -5.84. The van der Waals surface area contributed by atoms with Gasteiger partial charge in [0.1, 0.15) is 36.1 Å². The van der Waals surface area contributed by atoms with Crippen molar-refractivity contribution in [2.24, 2.45) is 0 Å². The number of halogens is 3. The van der Waals surface area contributed by atoms with E-state index in [0.717, 1.165) is 38.5 Å². The fraction of sp³-hybridized carbons (Fsp3) is 0.703. The molecule has 0 amide bonds. The molecule has 1 aromatic heterocycles. The third-order valence-electron chi connectivity index (χ3n) is 9.35. The van der Waals surface area contributed by atoms with Gasteiger partial charge in [0.05, 0.1) is 19.8 Å². The van der Waals surface area contributed by atoms with E-state index in [-0.39, 0.29) is 12.4 Å². The number of allylic oxidation sites excluding steroid dienone is 2. The van der Waals surface area contributed by atoms with E-state index >= 15 is 0 Å². The Hall–Kier alpha value is -1.41. The van der Waals surface area contributed by atoms with Crippen molar-refractivity contribution >= 4 is 84.0 Å². The number of nitrogens with zero attached hydrogens (tertiary/aromatic N) is 2. The standard InChI is InChI=1S/C18H28NO6.C18H29NO5.CHF3O3S.2Na.O4S2/c1-2-3-4-5-6-10-24-18(23)13-8-7-9-19(11-13)17-16(22)15(21)14(12-20)25-17;1-2-3-4-5-6-9-14(21)13-8-7-10-19(11-13)18-17(23)16(22)15(12-20)24-18;2-1(3,4)8(5,6)7;;;1-5(2)6(3)4/h7-9,11,14-17,20-22H,2-6,10,12H2,1H3;7,10-11,15-18,20,22-23H,2-6,8-9,12H2,1H3;(H,5,6,7);;;/q+1;;;;;/t14-,15+,16?,17-;15-,16+,17?,18-;;;;/m11..../s1. The first kappa shape index (κ1) is 63.6. The molecule has 0 saturated carbocycles. The summed E-state index contributed by atoms with van der Waals surface area (Å²) >= 11 is 2.89. The van der Waals surface area contributed by atoms with Crippen LogP contribution in [0.2, 0.25) is 0 Å². The number of pyridine rings is 1. The van der Waals surface area contributed by atoms with Crippen molar-refractivity contribution in [2.75, 3.05) is 19.8 Å². The predicted molar refractivity (Wildman–Crippen MR) is 225 cm³/mol. The van der Waals surface area contributed by atoms with Gasteiger partial charge in [-0.05, 0) is 25.3 Å². The van der Waals surface area contributed by atoms with Gasteiger partial charge in [-0.15, -0.1) is 0 Å². The van der Waals surface area contributed by atoms with Crippen LogP contribution in [0, 0.1) is 0 Å². The molecule has 4 rings (SSSR count). The number of rotatable bonds is 18. The molecule has 2 fully saturated rings. The molecule has 3 aliphatic heterocycles. The summed E-state index contributed by atoms with van der Waals surface area (Å²) in [6, 6.07) is 3.27. The molecule has 0 aromatic carbocycles. The second-order valence-corrected chi connectivity index (χ2v) is 18.0. The molecule has 0 radical (unpaired) electrons. The third kappa shape index (κ3) is 23.6. The number of carbonyl (C=O) groups is 2. The number of aromatic nitrogens is 1. The molecule has 65 heavy (non-hydrogen) atoms. The number of esters is 1. The Morgan fingerprint density at radius 1 is 0.846 bits per heavy atom. The molecule has 0 aliphatic carbocycles. The van der Waals surface area contributed by atoms with Gasteiger partial charge in [-0.2, -0.15) is 43.0 Å². The van der Waals surface area contributed by atoms with E-state index in [1.165, 1.54) is 80.1 Å². The third-order valence-corrected chi connectivity index (χ3v) is 10.8. The van der Waals surface area contributed by atoms with Crippen LogP contribution in [0.1, 0.15) is 107 Å². The van der Waals surface area contributed by atoms with Crippen molar-refractivity contribution in [3.8, 4) is 0 Å². The quantitative estimate of drug-likeness (QED) is 0.0262. The van der Waals surface area contributed by atoms with Gasteiger partial charge in [0.15, 0.2) is 30.5 Å². The Morgan fingerprint density at radius 2 is 1.35 bits per heavy atom. The van der Waals surface area contributed by atoms with Crippen LogP contribution in [0.5, 0.6) is 0 Å². The van der Waals surface area contributed by atoms with Crippen LogP contribution in [0.3, 0.4) is 0 Å². The number of Topliss-reactive ketones (excluding diaryl/α,β-unsaturated/α-hetero) is 1. The molecule has 0 spiro atoms. The maximum atomic E-state index is 12.3. The monoisotopic (exact) mass is 1020 g/mol. The summed E-state index contributed by atoms with van der Waals surface area (Å²) in [5, 5.41) is 58.2. The second-order valence-electron chi connectivity index (χ2n) is 14.2. The SMILES string of the molecule is CCCCCCCC(=O)C1=CN([C@@H]2O[C@H](CO)[C@H](O)C2O)C=CC1.CCCCCCCOC(=O)c1ccc[n+]([C@@H]2O[C@H](CO)[C@H](O)C2O)c1.O=S(=O)(O)C(F)(F)F.O=S(=O)=S(=O)=O.[Na][Na]. The zero-order chi connectivity index (χ0) is 49.9. The fourth-order valence-electron chi connectivity index (χ4n) is 5.95. The maximum absolute atomic E-state index is 12.3. The first-order chi connectivity index (χ1) is 30.6. The van der Waals surface area contributed by atoms with Gasteiger partial charge in [0.2, 0.25) is 0 Å². The number of ether oxygens (including phenoxy) is 3. The van der Waals surface area contributed by atoms with Gasteiger partial charge in [-0.1, -0.05) is 71.3 Å². The topological polar surface area (TPSA) is 313 Å². The predicted octanol–water partition coefficient (Wildman–Crippen LogP) is 0.463. The molecular formula is C37H58F3N2Na2O18S3+. The van der Waals surface area contributed by atoms with Gasteiger partial charge >= 0.3 is 83.7 Å². The zero-order valence-electron chi connectivity index (χ0n) is 36.6. The van der Waals surface area contributed by atoms with Crippen LogP contribution < -0.4 is 4.57 Å². The summed E-state index contributed by atoms with van der Waals surface area (Å²) in [4.78, 5) is 26.1. The molecule has 1 aromatic rings. The number of hydrogen-bond acceptors (Lipinski definition) is 18. The van der Waals surface area contributed by atoms with Crippen molar-refractivity contribution in [3.05, 3.63) is 54.1 Å². The Labute approximate surface area is 407 Å². The molecule has 3 aliphatic rings. The van der Waals surface area contributed by atoms with Crippen LogP contribution in [-0.4, -0.2) is 189 Å². The van der Waals surface area contributed by atoms with Crippen molar-refractivity contribution < 1.29 is 102 Å². The van der Waals surface area contributed by atoms with Crippen LogP contribution >= 0.6 is 0 Å². The van der Waals surface area contributed by atoms with E-state index < -0.39 is 95.8 Å². The van der Waals surface area contributed by atoms with Crippen LogP contribution in [-0.2, 0) is 47.7 Å². The van der Waals surface area contributed by atoms with Crippen LogP contribution in [0.4, 0.5) is 13.2 Å². The molecular weight excluding hydrogens is 960 g/mol. The van der Waals surface area contributed by atoms with Gasteiger partial charge < -0.3 is 49.7 Å². The first-order valence-corrected chi connectivity index (χ1v) is 33.0. The zero-order valence-corrected chi connectivity index (χ0v) is 43.1. The summed E-state index contributed by atoms with van der Waals surface area (Å²) < 4.78 is 112. The van der Waals surface area contributed by atoms with Crippen molar-refractivity contribution in [1.82, 2.24) is 4.90 Å². The number of unbranched alkanes of at least 4 members (excludes halogenated alkanes) is 8. The van der Waals surface area contributed by atoms with Crippen molar-refractivity contribution in [1.29, 1.82) is 0 Å². The second kappa shape index (κ2) is 34.0. The summed E-state index contributed by atoms with van der Waals surface area (Å²) in [6.45, 7) is 3.94. The average Bonchev–Trinajstić information content (AvgIpc) is 3.74. The van der Waals surface area contributed by atoms with E-state index in [9.17, 15) is 43.2 Å². The van der Waals surface area contributed by atoms with Crippen molar-refractivity contribution in [2.45, 2.75) is 145 Å². The first-order valence-electron chi connectivity index (χ1n) is 20.9. The van der Waals surface area contributed by atoms with Gasteiger partial charge in [0.25, 0.3) is 6.23 Å². The summed E-state index contributed by atoms with van der Waals surface area (Å²) in [5.41, 5.74) is -4.51. The number of alkyl halides is 3. The van der Waals surface area contributed by atoms with E-state index in [4.69, 9.17) is 54.2 Å². The average molecular weight is 1020 g/mol. The fourth-order valence-corrected chi connectivity index (χ4v) is 5.95. The van der Waals surface area contributed by atoms with Crippen LogP contribution in [0.15, 0.2) is 48.6 Å². The summed E-state index contributed by atoms with van der Waals surface area (Å²) in [7, 11) is -11.7. The molecule has 20 nitrogen and oxygen atoms in total. The van der Waals surface area contributed by atoms with Gasteiger partial charge in [-0.3, -0.25) is 9.35 Å². The number of ketones is 1. The molecule has 0 bridgehead atoms. The van der Waals surface area contributed by atoms with Crippen LogP contribution in [0.25, 0.3) is 0 Å². The van der Waals surface area contributed by atoms with E-state index in [1.807, 2.05) is 6.08 Å². The Morgan fingerprint density at radius 3 is 1.83 bits per heavy atom. The molecule has 2 saturated heterocycles. The molecule has 28 heteroatoms.